The predicted molar refractivity (Wildman–Crippen MR) is 170 cm³/mol. The minimum Gasteiger partial charge on any atom is -0.277 e. The summed E-state index contributed by atoms with van der Waals surface area (Å²) in [4.78, 5) is 9.62. The lowest BCUT2D eigenvalue weighted by atomic mass is 9.98. The van der Waals surface area contributed by atoms with Gasteiger partial charge in [-0.1, -0.05) is 109 Å². The smallest absolute Gasteiger partial charge is 0.234 e. The minimum absolute atomic E-state index is 0.299. The van der Waals surface area contributed by atoms with Gasteiger partial charge in [-0.3, -0.25) is 4.57 Å². The number of aromatic nitrogens is 3. The van der Waals surface area contributed by atoms with E-state index in [2.05, 4.69) is 83.4 Å². The van der Waals surface area contributed by atoms with E-state index in [9.17, 15) is 4.39 Å². The zero-order valence-corrected chi connectivity index (χ0v) is 22.6. The zero-order valence-electron chi connectivity index (χ0n) is 22.6. The van der Waals surface area contributed by atoms with Crippen LogP contribution in [0.2, 0.25) is 0 Å². The van der Waals surface area contributed by atoms with Crippen molar-refractivity contribution in [2.24, 2.45) is 0 Å². The van der Waals surface area contributed by atoms with Crippen LogP contribution in [-0.4, -0.2) is 14.5 Å². The highest BCUT2D eigenvalue weighted by atomic mass is 19.1. The fraction of sp³-hybridized carbons (Fsp3) is 0. The molecule has 0 spiro atoms. The van der Waals surface area contributed by atoms with Gasteiger partial charge in [-0.2, -0.15) is 0 Å². The van der Waals surface area contributed by atoms with Crippen LogP contribution >= 0.6 is 0 Å². The van der Waals surface area contributed by atoms with Crippen molar-refractivity contribution in [2.75, 3.05) is 0 Å². The second-order valence-corrected chi connectivity index (χ2v) is 10.5. The van der Waals surface area contributed by atoms with Crippen LogP contribution in [0.15, 0.2) is 146 Å². The Morgan fingerprint density at radius 1 is 0.452 bits per heavy atom. The van der Waals surface area contributed by atoms with Crippen LogP contribution in [-0.2, 0) is 0 Å². The highest BCUT2D eigenvalue weighted by molar-refractivity contribution is 6.18. The molecule has 2 aromatic heterocycles. The molecule has 0 aliphatic carbocycles. The van der Waals surface area contributed by atoms with Crippen molar-refractivity contribution >= 4 is 32.6 Å². The third-order valence-corrected chi connectivity index (χ3v) is 7.95. The lowest BCUT2D eigenvalue weighted by Gasteiger charge is -2.10. The Labute approximate surface area is 242 Å². The van der Waals surface area contributed by atoms with Crippen LogP contribution in [0.1, 0.15) is 0 Å². The normalized spacial score (nSPS) is 11.5. The fourth-order valence-electron chi connectivity index (χ4n) is 5.93. The summed E-state index contributed by atoms with van der Waals surface area (Å²) in [6.45, 7) is 0. The second-order valence-electron chi connectivity index (χ2n) is 10.5. The van der Waals surface area contributed by atoms with E-state index in [1.54, 1.807) is 18.5 Å². The largest absolute Gasteiger partial charge is 0.277 e. The Morgan fingerprint density at radius 3 is 1.81 bits per heavy atom. The van der Waals surface area contributed by atoms with Gasteiger partial charge < -0.3 is 0 Å². The maximum absolute atomic E-state index is 14.9. The molecule has 3 nitrogen and oxygen atoms in total. The Bertz CT molecular complexity index is 2230. The Balaban J connectivity index is 1.20. The quantitative estimate of drug-likeness (QED) is 0.222. The van der Waals surface area contributed by atoms with Gasteiger partial charge in [0.1, 0.15) is 5.82 Å². The molecule has 0 bridgehead atoms. The Hall–Kier alpha value is -5.61. The lowest BCUT2D eigenvalue weighted by Crippen LogP contribution is -2.01. The topological polar surface area (TPSA) is 30.7 Å². The molecule has 0 saturated carbocycles. The highest BCUT2D eigenvalue weighted by Gasteiger charge is 2.16. The van der Waals surface area contributed by atoms with E-state index in [0.717, 1.165) is 66.0 Å². The molecule has 0 unspecified atom stereocenters. The van der Waals surface area contributed by atoms with Crippen molar-refractivity contribution in [2.45, 2.75) is 0 Å². The molecular formula is C38H24FN3. The molecule has 6 aromatic carbocycles. The van der Waals surface area contributed by atoms with Gasteiger partial charge in [0, 0.05) is 34.1 Å². The monoisotopic (exact) mass is 541 g/mol. The van der Waals surface area contributed by atoms with E-state index in [4.69, 9.17) is 9.97 Å². The van der Waals surface area contributed by atoms with Gasteiger partial charge in [0.25, 0.3) is 0 Å². The number of rotatable bonds is 4. The maximum atomic E-state index is 14.9. The Morgan fingerprint density at radius 2 is 1.05 bits per heavy atom. The van der Waals surface area contributed by atoms with Crippen molar-refractivity contribution < 1.29 is 4.39 Å². The standard InChI is InChI=1S/C38H24FN3/c39-32-21-29(27-16-14-26(15-17-27)25-8-2-1-3-9-25)20-30(22-32)31-23-40-38(41-24-31)42-36-13-7-6-12-34(36)35-19-18-28-10-4-5-11-33(28)37(35)42/h1-24H. The van der Waals surface area contributed by atoms with E-state index in [1.807, 2.05) is 42.5 Å². The molecule has 2 heterocycles. The molecule has 0 aliphatic heterocycles. The van der Waals surface area contributed by atoms with E-state index < -0.39 is 0 Å². The molecule has 198 valence electrons. The Kier molecular flexibility index (Phi) is 5.64. The molecule has 8 aromatic rings. The predicted octanol–water partition coefficient (Wildman–Crippen LogP) is 9.87. The van der Waals surface area contributed by atoms with Crippen molar-refractivity contribution in [1.29, 1.82) is 0 Å². The molecule has 0 N–H and O–H groups in total. The molecule has 0 aliphatic rings. The average molecular weight is 542 g/mol. The van der Waals surface area contributed by atoms with Gasteiger partial charge >= 0.3 is 0 Å². The summed E-state index contributed by atoms with van der Waals surface area (Å²) in [5.74, 6) is 0.280. The van der Waals surface area contributed by atoms with Gasteiger partial charge in [-0.15, -0.1) is 0 Å². The van der Waals surface area contributed by atoms with Crippen LogP contribution < -0.4 is 0 Å². The zero-order chi connectivity index (χ0) is 28.0. The number of halogens is 1. The molecular weight excluding hydrogens is 517 g/mol. The molecule has 0 amide bonds. The first-order valence-corrected chi connectivity index (χ1v) is 13.9. The second kappa shape index (κ2) is 9.79. The fourth-order valence-corrected chi connectivity index (χ4v) is 5.93. The molecule has 0 fully saturated rings. The molecule has 0 atom stereocenters. The summed E-state index contributed by atoms with van der Waals surface area (Å²) in [6, 6.07) is 44.6. The third-order valence-electron chi connectivity index (χ3n) is 7.95. The van der Waals surface area contributed by atoms with Crippen LogP contribution in [0, 0.1) is 5.82 Å². The summed E-state index contributed by atoms with van der Waals surface area (Å²) >= 11 is 0. The van der Waals surface area contributed by atoms with E-state index in [-0.39, 0.29) is 5.82 Å². The first-order chi connectivity index (χ1) is 20.7. The summed E-state index contributed by atoms with van der Waals surface area (Å²) < 4.78 is 17.0. The average Bonchev–Trinajstić information content (AvgIpc) is 3.40. The van der Waals surface area contributed by atoms with Gasteiger partial charge in [0.2, 0.25) is 5.95 Å². The number of fused-ring (bicyclic) bond motifs is 5. The van der Waals surface area contributed by atoms with Crippen LogP contribution in [0.5, 0.6) is 0 Å². The van der Waals surface area contributed by atoms with Crippen LogP contribution in [0.3, 0.4) is 0 Å². The summed E-state index contributed by atoms with van der Waals surface area (Å²) in [6.07, 6.45) is 3.57. The van der Waals surface area contributed by atoms with Gasteiger partial charge in [0.15, 0.2) is 0 Å². The van der Waals surface area contributed by atoms with Gasteiger partial charge in [-0.05, 0) is 57.5 Å². The number of benzene rings is 6. The van der Waals surface area contributed by atoms with Crippen LogP contribution in [0.4, 0.5) is 4.39 Å². The van der Waals surface area contributed by atoms with Crippen molar-refractivity contribution in [3.05, 3.63) is 152 Å². The maximum Gasteiger partial charge on any atom is 0.234 e. The van der Waals surface area contributed by atoms with Crippen molar-refractivity contribution in [1.82, 2.24) is 14.5 Å². The summed E-state index contributed by atoms with van der Waals surface area (Å²) in [7, 11) is 0. The third kappa shape index (κ3) is 4.04. The van der Waals surface area contributed by atoms with E-state index in [0.29, 0.717) is 5.95 Å². The highest BCUT2D eigenvalue weighted by Crippen LogP contribution is 2.36. The molecule has 4 heteroatoms. The van der Waals surface area contributed by atoms with Crippen LogP contribution in [0.25, 0.3) is 71.9 Å². The van der Waals surface area contributed by atoms with Gasteiger partial charge in [-0.25, -0.2) is 14.4 Å². The van der Waals surface area contributed by atoms with Crippen molar-refractivity contribution in [3.63, 3.8) is 0 Å². The number of para-hydroxylation sites is 1. The minimum atomic E-state index is -0.299. The molecule has 0 saturated heterocycles. The number of nitrogens with zero attached hydrogens (tertiary/aromatic N) is 3. The molecule has 8 rings (SSSR count). The van der Waals surface area contributed by atoms with Crippen molar-refractivity contribution in [3.8, 4) is 39.3 Å². The number of hydrogen-bond acceptors (Lipinski definition) is 2. The van der Waals surface area contributed by atoms with E-state index in [1.165, 1.54) is 6.07 Å². The first kappa shape index (κ1) is 24.2. The summed E-state index contributed by atoms with van der Waals surface area (Å²) in [5, 5.41) is 4.62. The lowest BCUT2D eigenvalue weighted by molar-refractivity contribution is 0.629. The number of hydrogen-bond donors (Lipinski definition) is 0. The first-order valence-electron chi connectivity index (χ1n) is 13.9. The SMILES string of the molecule is Fc1cc(-c2ccc(-c3ccccc3)cc2)cc(-c2cnc(-n3c4ccccc4c4ccc5ccccc5c43)nc2)c1. The summed E-state index contributed by atoms with van der Waals surface area (Å²) in [5.41, 5.74) is 7.64. The molecule has 0 radical (unpaired) electrons. The van der Waals surface area contributed by atoms with Gasteiger partial charge in [0.05, 0.1) is 11.0 Å². The molecule has 42 heavy (non-hydrogen) atoms. The van der Waals surface area contributed by atoms with E-state index >= 15 is 0 Å².